The summed E-state index contributed by atoms with van der Waals surface area (Å²) in [5.41, 5.74) is 9.97. The highest BCUT2D eigenvalue weighted by atomic mass is 79.9. The van der Waals surface area contributed by atoms with E-state index in [2.05, 4.69) is 64.5 Å². The van der Waals surface area contributed by atoms with E-state index in [9.17, 15) is 0 Å². The van der Waals surface area contributed by atoms with Crippen molar-refractivity contribution >= 4 is 20.4 Å². The molecule has 2 aliphatic carbocycles. The van der Waals surface area contributed by atoms with Gasteiger partial charge < -0.3 is 5.73 Å². The van der Waals surface area contributed by atoms with Crippen LogP contribution in [0.3, 0.4) is 0 Å². The zero-order valence-electron chi connectivity index (χ0n) is 9.44. The normalized spacial score (nSPS) is 25.8. The molecule has 0 heterocycles. The predicted molar refractivity (Wildman–Crippen MR) is 75.9 cm³/mol. The number of hydrogen-bond acceptors (Lipinski definition) is 1. The molecule has 0 aromatic heterocycles. The first kappa shape index (κ1) is 11.0. The maximum absolute atomic E-state index is 5.97. The molecule has 2 N–H and O–H groups in total. The third-order valence-corrected chi connectivity index (χ3v) is 4.49. The van der Waals surface area contributed by atoms with Gasteiger partial charge in [-0.05, 0) is 32.6 Å². The molecule has 3 rings (SSSR count). The van der Waals surface area contributed by atoms with Gasteiger partial charge in [0.05, 0.1) is 0 Å². The molecular weight excluding hydrogens is 274 g/mol. The molecule has 0 aliphatic heterocycles. The molecule has 0 saturated carbocycles. The second-order valence-corrected chi connectivity index (χ2v) is 5.26. The molecule has 0 bridgehead atoms. The zero-order chi connectivity index (χ0) is 11.8. The number of hydrogen-bond donors (Lipinski definition) is 1. The first-order valence-corrected chi connectivity index (χ1v) is 6.66. The molecule has 17 heavy (non-hydrogen) atoms. The Morgan fingerprint density at radius 1 is 1.18 bits per heavy atom. The van der Waals surface area contributed by atoms with Crippen LogP contribution in [0.2, 0.25) is 0 Å². The van der Waals surface area contributed by atoms with Gasteiger partial charge in [-0.1, -0.05) is 48.6 Å². The maximum atomic E-state index is 5.97. The van der Waals surface area contributed by atoms with Gasteiger partial charge in [0.2, 0.25) is 0 Å². The van der Waals surface area contributed by atoms with Gasteiger partial charge in [-0.25, -0.2) is 0 Å². The highest BCUT2D eigenvalue weighted by Crippen LogP contribution is 2.46. The van der Waals surface area contributed by atoms with E-state index in [1.54, 1.807) is 0 Å². The fourth-order valence-corrected chi connectivity index (χ4v) is 3.53. The summed E-state index contributed by atoms with van der Waals surface area (Å²) in [4.78, 5) is 0. The van der Waals surface area contributed by atoms with Crippen molar-refractivity contribution in [3.63, 3.8) is 0 Å². The molecule has 2 aliphatic rings. The van der Waals surface area contributed by atoms with Crippen molar-refractivity contribution in [3.8, 4) is 0 Å². The van der Waals surface area contributed by atoms with Crippen LogP contribution >= 0.6 is 15.9 Å². The predicted octanol–water partition coefficient (Wildman–Crippen LogP) is 3.59. The smallest absolute Gasteiger partial charge is 0.0288 e. The minimum Gasteiger partial charge on any atom is -0.330 e. The average Bonchev–Trinajstić information content (AvgIpc) is 2.40. The molecule has 86 valence electrons. The standard InChI is InChI=1S/C15H14BrN/c16-15-12-7-3-1-5-10(12)14(9-17)11-6-2-4-8-13(11)15/h1-8,10,14H,9,17H2. The van der Waals surface area contributed by atoms with Crippen LogP contribution in [0.25, 0.3) is 4.48 Å². The third-order valence-electron chi connectivity index (χ3n) is 3.60. The molecule has 0 spiro atoms. The Morgan fingerprint density at radius 3 is 2.82 bits per heavy atom. The quantitative estimate of drug-likeness (QED) is 0.839. The number of benzene rings is 1. The van der Waals surface area contributed by atoms with Crippen LogP contribution in [0.15, 0.2) is 54.1 Å². The van der Waals surface area contributed by atoms with Crippen molar-refractivity contribution in [3.05, 3.63) is 65.3 Å². The lowest BCUT2D eigenvalue weighted by atomic mass is 9.73. The van der Waals surface area contributed by atoms with Crippen LogP contribution in [-0.2, 0) is 0 Å². The monoisotopic (exact) mass is 287 g/mol. The van der Waals surface area contributed by atoms with Gasteiger partial charge >= 0.3 is 0 Å². The lowest BCUT2D eigenvalue weighted by Gasteiger charge is -2.33. The van der Waals surface area contributed by atoms with Gasteiger partial charge in [-0.2, -0.15) is 0 Å². The summed E-state index contributed by atoms with van der Waals surface area (Å²) in [5.74, 6) is 0.804. The summed E-state index contributed by atoms with van der Waals surface area (Å²) in [6.45, 7) is 0.684. The number of rotatable bonds is 1. The van der Waals surface area contributed by atoms with E-state index in [1.807, 2.05) is 0 Å². The van der Waals surface area contributed by atoms with Crippen molar-refractivity contribution in [2.75, 3.05) is 6.54 Å². The minimum atomic E-state index is 0.392. The number of halogens is 1. The van der Waals surface area contributed by atoms with E-state index in [4.69, 9.17) is 5.73 Å². The topological polar surface area (TPSA) is 26.0 Å². The largest absolute Gasteiger partial charge is 0.330 e. The van der Waals surface area contributed by atoms with Crippen LogP contribution in [0, 0.1) is 5.92 Å². The van der Waals surface area contributed by atoms with Gasteiger partial charge in [0, 0.05) is 22.9 Å². The summed E-state index contributed by atoms with van der Waals surface area (Å²) in [6.07, 6.45) is 8.65. The zero-order valence-corrected chi connectivity index (χ0v) is 11.0. The molecule has 2 atom stereocenters. The van der Waals surface area contributed by atoms with Gasteiger partial charge in [-0.15, -0.1) is 0 Å². The van der Waals surface area contributed by atoms with E-state index in [0.717, 1.165) is 0 Å². The maximum Gasteiger partial charge on any atom is 0.0288 e. The van der Waals surface area contributed by atoms with Crippen LogP contribution in [-0.4, -0.2) is 6.54 Å². The molecule has 1 nitrogen and oxygen atoms in total. The van der Waals surface area contributed by atoms with Crippen LogP contribution in [0.5, 0.6) is 0 Å². The Bertz CT molecular complexity index is 540. The summed E-state index contributed by atoms with van der Waals surface area (Å²) in [6, 6.07) is 8.53. The van der Waals surface area contributed by atoms with E-state index in [-0.39, 0.29) is 0 Å². The van der Waals surface area contributed by atoms with E-state index in [0.29, 0.717) is 18.4 Å². The molecular formula is C15H14BrN. The average molecular weight is 288 g/mol. The van der Waals surface area contributed by atoms with Crippen LogP contribution < -0.4 is 5.73 Å². The number of nitrogens with two attached hydrogens (primary N) is 1. The van der Waals surface area contributed by atoms with Crippen molar-refractivity contribution in [1.29, 1.82) is 0 Å². The highest BCUT2D eigenvalue weighted by Gasteiger charge is 2.31. The molecule has 0 radical (unpaired) electrons. The second kappa shape index (κ2) is 4.28. The Labute approximate surface area is 110 Å². The molecule has 2 unspecified atom stereocenters. The van der Waals surface area contributed by atoms with Gasteiger partial charge in [0.15, 0.2) is 0 Å². The lowest BCUT2D eigenvalue weighted by molar-refractivity contribution is 0.577. The SMILES string of the molecule is NCC1c2ccccc2C(Br)=C2C=CC=CC21. The minimum absolute atomic E-state index is 0.392. The van der Waals surface area contributed by atoms with E-state index >= 15 is 0 Å². The second-order valence-electron chi connectivity index (χ2n) is 4.47. The molecule has 2 heteroatoms. The Morgan fingerprint density at radius 2 is 2.00 bits per heavy atom. The van der Waals surface area contributed by atoms with Crippen molar-refractivity contribution in [2.24, 2.45) is 11.7 Å². The molecule has 0 saturated heterocycles. The van der Waals surface area contributed by atoms with Crippen LogP contribution in [0.4, 0.5) is 0 Å². The fourth-order valence-electron chi connectivity index (χ4n) is 2.77. The van der Waals surface area contributed by atoms with Crippen molar-refractivity contribution in [1.82, 2.24) is 0 Å². The van der Waals surface area contributed by atoms with Crippen LogP contribution in [0.1, 0.15) is 17.0 Å². The highest BCUT2D eigenvalue weighted by molar-refractivity contribution is 9.15. The van der Waals surface area contributed by atoms with E-state index < -0.39 is 0 Å². The fraction of sp³-hybridized carbons (Fsp3) is 0.200. The summed E-state index contributed by atoms with van der Waals surface area (Å²) < 4.78 is 1.21. The number of fused-ring (bicyclic) bond motifs is 2. The molecule has 0 amide bonds. The van der Waals surface area contributed by atoms with Crippen molar-refractivity contribution < 1.29 is 0 Å². The Kier molecular flexibility index (Phi) is 2.77. The van der Waals surface area contributed by atoms with Crippen molar-refractivity contribution in [2.45, 2.75) is 5.92 Å². The third kappa shape index (κ3) is 1.63. The first-order valence-electron chi connectivity index (χ1n) is 5.87. The lowest BCUT2D eigenvalue weighted by Crippen LogP contribution is -2.26. The Balaban J connectivity index is 2.24. The summed E-state index contributed by atoms with van der Waals surface area (Å²) in [7, 11) is 0. The van der Waals surface area contributed by atoms with E-state index in [1.165, 1.54) is 21.2 Å². The molecule has 1 aromatic carbocycles. The molecule has 1 aromatic rings. The number of allylic oxidation sites excluding steroid dienone is 5. The first-order chi connectivity index (χ1) is 8.33. The van der Waals surface area contributed by atoms with Gasteiger partial charge in [-0.3, -0.25) is 0 Å². The van der Waals surface area contributed by atoms with Gasteiger partial charge in [0.1, 0.15) is 0 Å². The summed E-state index contributed by atoms with van der Waals surface area (Å²) in [5, 5.41) is 0. The molecule has 0 fully saturated rings. The Hall–Kier alpha value is -1.12. The summed E-state index contributed by atoms with van der Waals surface area (Å²) >= 11 is 3.74. The van der Waals surface area contributed by atoms with Gasteiger partial charge in [0.25, 0.3) is 0 Å².